The first-order valence-electron chi connectivity index (χ1n) is 8.66. The van der Waals surface area contributed by atoms with Crippen LogP contribution in [0.2, 0.25) is 5.02 Å². The number of guanidine groups is 1. The van der Waals surface area contributed by atoms with Crippen molar-refractivity contribution in [2.45, 2.75) is 6.54 Å². The van der Waals surface area contributed by atoms with E-state index in [0.29, 0.717) is 23.5 Å². The molecule has 0 fully saturated rings. The van der Waals surface area contributed by atoms with Crippen molar-refractivity contribution < 1.29 is 13.9 Å². The number of nitrogens with zero attached hydrogens (tertiary/aromatic N) is 2. The van der Waals surface area contributed by atoms with Crippen LogP contribution in [0.15, 0.2) is 72.0 Å². The van der Waals surface area contributed by atoms with Crippen LogP contribution >= 0.6 is 11.6 Å². The average molecular weight is 413 g/mol. The van der Waals surface area contributed by atoms with Crippen molar-refractivity contribution in [3.8, 4) is 5.75 Å². The number of methoxy groups -OCH3 is 1. The molecular formula is C21H18ClFN4O2. The summed E-state index contributed by atoms with van der Waals surface area (Å²) in [5, 5.41) is 5.66. The van der Waals surface area contributed by atoms with Gasteiger partial charge in [-0.05, 0) is 54.1 Å². The fourth-order valence-electron chi connectivity index (χ4n) is 2.42. The molecule has 0 saturated carbocycles. The van der Waals surface area contributed by atoms with Crippen molar-refractivity contribution in [2.75, 3.05) is 12.4 Å². The number of benzene rings is 2. The number of carbonyl (C=O) groups is 1. The molecule has 0 unspecified atom stereocenters. The molecule has 148 valence electrons. The number of ether oxygens (including phenoxy) is 1. The third-order valence-electron chi connectivity index (χ3n) is 3.92. The maximum Gasteiger partial charge on any atom is 0.258 e. The summed E-state index contributed by atoms with van der Waals surface area (Å²) in [5.41, 5.74) is 1.79. The quantitative estimate of drug-likeness (QED) is 0.484. The van der Waals surface area contributed by atoms with Gasteiger partial charge < -0.3 is 10.1 Å². The number of aliphatic imine (C=N–C) groups is 1. The lowest BCUT2D eigenvalue weighted by Gasteiger charge is -2.13. The lowest BCUT2D eigenvalue weighted by Crippen LogP contribution is -2.36. The van der Waals surface area contributed by atoms with Crippen LogP contribution in [-0.2, 0) is 6.54 Å². The Kier molecular flexibility index (Phi) is 6.76. The van der Waals surface area contributed by atoms with Gasteiger partial charge in [-0.2, -0.15) is 0 Å². The van der Waals surface area contributed by atoms with Gasteiger partial charge in [-0.15, -0.1) is 0 Å². The molecule has 0 aliphatic heterocycles. The Hall–Kier alpha value is -3.45. The maximum atomic E-state index is 13.4. The zero-order chi connectivity index (χ0) is 20.6. The number of carbonyl (C=O) groups excluding carboxylic acids is 1. The molecule has 0 saturated heterocycles. The molecule has 2 N–H and O–H groups in total. The predicted octanol–water partition coefficient (Wildman–Crippen LogP) is 4.28. The lowest BCUT2D eigenvalue weighted by atomic mass is 10.2. The summed E-state index contributed by atoms with van der Waals surface area (Å²) in [6, 6.07) is 14.5. The first-order valence-corrected chi connectivity index (χ1v) is 9.04. The highest BCUT2D eigenvalue weighted by atomic mass is 35.5. The molecule has 0 radical (unpaired) electrons. The van der Waals surface area contributed by atoms with Crippen LogP contribution in [0.1, 0.15) is 15.9 Å². The van der Waals surface area contributed by atoms with Crippen molar-refractivity contribution in [1.82, 2.24) is 10.3 Å². The van der Waals surface area contributed by atoms with Gasteiger partial charge in [-0.25, -0.2) is 9.38 Å². The third kappa shape index (κ3) is 5.76. The topological polar surface area (TPSA) is 75.6 Å². The minimum absolute atomic E-state index is 0.0393. The molecule has 3 rings (SSSR count). The second-order valence-electron chi connectivity index (χ2n) is 5.96. The van der Waals surface area contributed by atoms with Gasteiger partial charge in [-0.1, -0.05) is 17.7 Å². The zero-order valence-electron chi connectivity index (χ0n) is 15.5. The van der Waals surface area contributed by atoms with Crippen molar-refractivity contribution >= 4 is 29.2 Å². The van der Waals surface area contributed by atoms with E-state index in [2.05, 4.69) is 20.6 Å². The summed E-state index contributed by atoms with van der Waals surface area (Å²) in [6.07, 6.45) is 3.32. The van der Waals surface area contributed by atoms with E-state index in [1.165, 1.54) is 25.3 Å². The summed E-state index contributed by atoms with van der Waals surface area (Å²) in [6.45, 7) is 0.304. The zero-order valence-corrected chi connectivity index (χ0v) is 16.3. The molecule has 1 heterocycles. The van der Waals surface area contributed by atoms with Gasteiger partial charge in [0, 0.05) is 23.6 Å². The normalized spacial score (nSPS) is 11.1. The van der Waals surface area contributed by atoms with Crippen molar-refractivity contribution in [1.29, 1.82) is 0 Å². The number of hydrogen-bond acceptors (Lipinski definition) is 4. The highest BCUT2D eigenvalue weighted by Crippen LogP contribution is 2.19. The van der Waals surface area contributed by atoms with Crippen LogP contribution < -0.4 is 15.4 Å². The monoisotopic (exact) mass is 412 g/mol. The van der Waals surface area contributed by atoms with E-state index in [9.17, 15) is 9.18 Å². The molecule has 0 atom stereocenters. The third-order valence-corrected chi connectivity index (χ3v) is 4.20. The van der Waals surface area contributed by atoms with Crippen LogP contribution in [0, 0.1) is 5.82 Å². The Balaban J connectivity index is 1.82. The highest BCUT2D eigenvalue weighted by Gasteiger charge is 2.11. The molecule has 29 heavy (non-hydrogen) atoms. The molecule has 0 aliphatic rings. The fourth-order valence-corrected chi connectivity index (χ4v) is 2.60. The average Bonchev–Trinajstić information content (AvgIpc) is 2.75. The van der Waals surface area contributed by atoms with E-state index in [1.807, 2.05) is 12.1 Å². The van der Waals surface area contributed by atoms with Crippen molar-refractivity contribution in [3.05, 3.63) is 89.0 Å². The molecule has 6 nitrogen and oxygen atoms in total. The summed E-state index contributed by atoms with van der Waals surface area (Å²) in [5.74, 6) is -0.158. The second-order valence-corrected chi connectivity index (χ2v) is 6.37. The summed E-state index contributed by atoms with van der Waals surface area (Å²) < 4.78 is 18.6. The molecular weight excluding hydrogens is 395 g/mol. The minimum atomic E-state index is -0.534. The Labute approximate surface area is 172 Å². The second kappa shape index (κ2) is 9.66. The molecule has 1 aromatic heterocycles. The lowest BCUT2D eigenvalue weighted by molar-refractivity contribution is 0.0976. The van der Waals surface area contributed by atoms with E-state index in [1.54, 1.807) is 36.7 Å². The smallest absolute Gasteiger partial charge is 0.258 e. The summed E-state index contributed by atoms with van der Waals surface area (Å²) >= 11 is 5.84. The number of amides is 1. The largest absolute Gasteiger partial charge is 0.497 e. The van der Waals surface area contributed by atoms with Gasteiger partial charge in [-0.3, -0.25) is 15.1 Å². The van der Waals surface area contributed by atoms with Gasteiger partial charge in [0.15, 0.2) is 0 Å². The van der Waals surface area contributed by atoms with Gasteiger partial charge in [0.25, 0.3) is 5.91 Å². The number of pyridine rings is 1. The maximum absolute atomic E-state index is 13.4. The predicted molar refractivity (Wildman–Crippen MR) is 111 cm³/mol. The SMILES string of the molecule is COc1cccc(C(=O)NC(=NCc2ccncc2)Nc2ccc(F)c(Cl)c2)c1. The summed E-state index contributed by atoms with van der Waals surface area (Å²) in [4.78, 5) is 21.1. The molecule has 3 aromatic rings. The Bertz CT molecular complexity index is 1030. The van der Waals surface area contributed by atoms with E-state index >= 15 is 0 Å². The van der Waals surface area contributed by atoms with E-state index in [-0.39, 0.29) is 16.9 Å². The Morgan fingerprint density at radius 1 is 1.17 bits per heavy atom. The molecule has 2 aromatic carbocycles. The molecule has 0 spiro atoms. The minimum Gasteiger partial charge on any atom is -0.497 e. The number of anilines is 1. The molecule has 0 bridgehead atoms. The van der Waals surface area contributed by atoms with E-state index < -0.39 is 5.82 Å². The van der Waals surface area contributed by atoms with Crippen molar-refractivity contribution in [3.63, 3.8) is 0 Å². The first-order chi connectivity index (χ1) is 14.0. The first kappa shape index (κ1) is 20.3. The number of rotatable bonds is 5. The van der Waals surface area contributed by atoms with Crippen molar-refractivity contribution in [2.24, 2.45) is 4.99 Å². The van der Waals surface area contributed by atoms with Crippen LogP contribution in [0.3, 0.4) is 0 Å². The van der Waals surface area contributed by atoms with E-state index in [4.69, 9.17) is 16.3 Å². The molecule has 1 amide bonds. The van der Waals surface area contributed by atoms with Gasteiger partial charge >= 0.3 is 0 Å². The van der Waals surface area contributed by atoms with Crippen LogP contribution in [0.25, 0.3) is 0 Å². The van der Waals surface area contributed by atoms with E-state index in [0.717, 1.165) is 5.56 Å². The van der Waals surface area contributed by atoms with Crippen LogP contribution in [0.5, 0.6) is 5.75 Å². The summed E-state index contributed by atoms with van der Waals surface area (Å²) in [7, 11) is 1.53. The molecule has 8 heteroatoms. The number of aromatic nitrogens is 1. The molecule has 0 aliphatic carbocycles. The number of nitrogens with one attached hydrogen (secondary N) is 2. The van der Waals surface area contributed by atoms with Gasteiger partial charge in [0.2, 0.25) is 5.96 Å². The Morgan fingerprint density at radius 2 is 1.97 bits per heavy atom. The fraction of sp³-hybridized carbons (Fsp3) is 0.0952. The number of hydrogen-bond donors (Lipinski definition) is 2. The van der Waals surface area contributed by atoms with Crippen LogP contribution in [-0.4, -0.2) is 24.0 Å². The Morgan fingerprint density at radius 3 is 2.69 bits per heavy atom. The highest BCUT2D eigenvalue weighted by molar-refractivity contribution is 6.31. The van der Waals surface area contributed by atoms with Gasteiger partial charge in [0.05, 0.1) is 18.7 Å². The van der Waals surface area contributed by atoms with Gasteiger partial charge in [0.1, 0.15) is 11.6 Å². The number of halogens is 2. The standard InChI is InChI=1S/C21H18ClFN4O2/c1-29-17-4-2-3-15(11-17)20(28)27-21(25-13-14-7-9-24-10-8-14)26-16-5-6-19(23)18(22)12-16/h2-12H,13H2,1H3,(H2,25,26,27,28). The van der Waals surface area contributed by atoms with Crippen LogP contribution in [0.4, 0.5) is 10.1 Å².